The van der Waals surface area contributed by atoms with Crippen LogP contribution in [0.3, 0.4) is 0 Å². The maximum absolute atomic E-state index is 6.48. The number of thiazole rings is 1. The van der Waals surface area contributed by atoms with Gasteiger partial charge in [0.25, 0.3) is 0 Å². The number of hydrogen-bond donors (Lipinski definition) is 0. The van der Waals surface area contributed by atoms with Crippen LogP contribution in [0.2, 0.25) is 10.0 Å². The SMILES string of the molecule is CCCN(c1nc(-c2ccc(OC)cc2Cl)c(C)s1)c1cc(Cl)ccc1C.Cl. The molecule has 150 valence electrons. The average molecular weight is 458 g/mol. The maximum Gasteiger partial charge on any atom is 0.190 e. The number of aromatic nitrogens is 1. The molecule has 0 radical (unpaired) electrons. The summed E-state index contributed by atoms with van der Waals surface area (Å²) in [5.74, 6) is 0.735. The highest BCUT2D eigenvalue weighted by Crippen LogP contribution is 2.40. The Balaban J connectivity index is 0.00000280. The molecule has 3 nitrogen and oxygen atoms in total. The third-order valence-corrected chi connectivity index (χ3v) is 5.90. The van der Waals surface area contributed by atoms with E-state index in [1.165, 1.54) is 5.56 Å². The summed E-state index contributed by atoms with van der Waals surface area (Å²) in [4.78, 5) is 8.30. The van der Waals surface area contributed by atoms with Crippen molar-refractivity contribution in [3.05, 3.63) is 56.9 Å². The highest BCUT2D eigenvalue weighted by atomic mass is 35.5. The van der Waals surface area contributed by atoms with Gasteiger partial charge >= 0.3 is 0 Å². The van der Waals surface area contributed by atoms with Gasteiger partial charge in [-0.15, -0.1) is 23.7 Å². The molecule has 0 fully saturated rings. The standard InChI is InChI=1S/C21H22Cl2N2OS.ClH/c1-5-10-25(19-11-15(22)7-6-13(19)2)21-24-20(14(3)27-21)17-9-8-16(26-4)12-18(17)23;/h6-9,11-12H,5,10H2,1-4H3;1H. The Kier molecular flexibility index (Phi) is 8.02. The Morgan fingerprint density at radius 3 is 2.50 bits per heavy atom. The van der Waals surface area contributed by atoms with E-state index in [1.54, 1.807) is 18.4 Å². The van der Waals surface area contributed by atoms with Gasteiger partial charge in [0.2, 0.25) is 0 Å². The van der Waals surface area contributed by atoms with Crippen molar-refractivity contribution in [1.29, 1.82) is 0 Å². The van der Waals surface area contributed by atoms with Crippen LogP contribution in [-0.2, 0) is 0 Å². The van der Waals surface area contributed by atoms with Gasteiger partial charge in [0.1, 0.15) is 5.75 Å². The number of halogens is 3. The summed E-state index contributed by atoms with van der Waals surface area (Å²) in [6.07, 6.45) is 1.00. The fourth-order valence-corrected chi connectivity index (χ4v) is 4.37. The van der Waals surface area contributed by atoms with Crippen molar-refractivity contribution < 1.29 is 4.74 Å². The van der Waals surface area contributed by atoms with E-state index in [0.717, 1.165) is 50.7 Å². The van der Waals surface area contributed by atoms with E-state index in [0.29, 0.717) is 5.02 Å². The van der Waals surface area contributed by atoms with Gasteiger partial charge < -0.3 is 9.64 Å². The summed E-state index contributed by atoms with van der Waals surface area (Å²) in [5.41, 5.74) is 4.08. The molecule has 0 aliphatic rings. The molecule has 28 heavy (non-hydrogen) atoms. The van der Waals surface area contributed by atoms with E-state index >= 15 is 0 Å². The highest BCUT2D eigenvalue weighted by Gasteiger charge is 2.19. The van der Waals surface area contributed by atoms with Crippen LogP contribution >= 0.6 is 46.9 Å². The largest absolute Gasteiger partial charge is 0.497 e. The molecule has 1 heterocycles. The van der Waals surface area contributed by atoms with Gasteiger partial charge in [-0.05, 0) is 56.2 Å². The lowest BCUT2D eigenvalue weighted by molar-refractivity contribution is 0.415. The molecule has 2 aromatic carbocycles. The second-order valence-electron chi connectivity index (χ2n) is 6.33. The zero-order chi connectivity index (χ0) is 19.6. The minimum Gasteiger partial charge on any atom is -0.497 e. The summed E-state index contributed by atoms with van der Waals surface area (Å²) in [6.45, 7) is 7.20. The second kappa shape index (κ2) is 9.84. The molecule has 0 aliphatic heterocycles. The second-order valence-corrected chi connectivity index (χ2v) is 8.35. The number of benzene rings is 2. The summed E-state index contributed by atoms with van der Waals surface area (Å²) in [6, 6.07) is 11.7. The minimum absolute atomic E-state index is 0. The summed E-state index contributed by atoms with van der Waals surface area (Å²) < 4.78 is 5.25. The van der Waals surface area contributed by atoms with Crippen molar-refractivity contribution in [2.75, 3.05) is 18.6 Å². The van der Waals surface area contributed by atoms with Crippen molar-refractivity contribution in [3.8, 4) is 17.0 Å². The number of nitrogens with zero attached hydrogens (tertiary/aromatic N) is 2. The molecular weight excluding hydrogens is 435 g/mol. The van der Waals surface area contributed by atoms with E-state index < -0.39 is 0 Å². The molecule has 0 aliphatic carbocycles. The molecule has 0 amide bonds. The first kappa shape index (κ1) is 22.8. The van der Waals surface area contributed by atoms with E-state index in [9.17, 15) is 0 Å². The lowest BCUT2D eigenvalue weighted by Gasteiger charge is -2.23. The Morgan fingerprint density at radius 1 is 1.11 bits per heavy atom. The average Bonchev–Trinajstić information content (AvgIpc) is 3.03. The number of anilines is 2. The van der Waals surface area contributed by atoms with Gasteiger partial charge in [0, 0.05) is 27.7 Å². The van der Waals surface area contributed by atoms with Crippen molar-refractivity contribution in [2.24, 2.45) is 0 Å². The number of aryl methyl sites for hydroxylation is 2. The lowest BCUT2D eigenvalue weighted by Crippen LogP contribution is -2.18. The zero-order valence-electron chi connectivity index (χ0n) is 16.3. The normalized spacial score (nSPS) is 10.5. The summed E-state index contributed by atoms with van der Waals surface area (Å²) >= 11 is 14.4. The van der Waals surface area contributed by atoms with Crippen LogP contribution in [0.4, 0.5) is 10.8 Å². The first-order chi connectivity index (χ1) is 12.9. The van der Waals surface area contributed by atoms with Crippen LogP contribution in [0.1, 0.15) is 23.8 Å². The Labute approximate surface area is 186 Å². The van der Waals surface area contributed by atoms with E-state index in [1.807, 2.05) is 36.4 Å². The predicted molar refractivity (Wildman–Crippen MR) is 125 cm³/mol. The Bertz CT molecular complexity index is 959. The number of rotatable bonds is 6. The first-order valence-corrected chi connectivity index (χ1v) is 10.4. The quantitative estimate of drug-likeness (QED) is 0.379. The first-order valence-electron chi connectivity index (χ1n) is 8.79. The van der Waals surface area contributed by atoms with Gasteiger partial charge in [-0.2, -0.15) is 0 Å². The van der Waals surface area contributed by atoms with Gasteiger partial charge in [0.05, 0.1) is 17.8 Å². The molecule has 1 aromatic heterocycles. The van der Waals surface area contributed by atoms with Gasteiger partial charge in [-0.1, -0.05) is 36.2 Å². The zero-order valence-corrected chi connectivity index (χ0v) is 19.4. The Morgan fingerprint density at radius 2 is 1.86 bits per heavy atom. The van der Waals surface area contributed by atoms with Gasteiger partial charge in [-0.25, -0.2) is 4.98 Å². The fourth-order valence-electron chi connectivity index (χ4n) is 2.98. The molecule has 0 unspecified atom stereocenters. The number of hydrogen-bond acceptors (Lipinski definition) is 4. The van der Waals surface area contributed by atoms with Crippen LogP contribution in [0.5, 0.6) is 5.75 Å². The Hall–Kier alpha value is -1.46. The highest BCUT2D eigenvalue weighted by molar-refractivity contribution is 7.16. The molecule has 0 saturated heterocycles. The van der Waals surface area contributed by atoms with Crippen molar-refractivity contribution in [3.63, 3.8) is 0 Å². The van der Waals surface area contributed by atoms with E-state index in [-0.39, 0.29) is 12.4 Å². The molecule has 0 N–H and O–H groups in total. The molecule has 0 bridgehead atoms. The van der Waals surface area contributed by atoms with Gasteiger partial charge in [-0.3, -0.25) is 0 Å². The number of ether oxygens (including phenoxy) is 1. The van der Waals surface area contributed by atoms with Crippen LogP contribution < -0.4 is 9.64 Å². The van der Waals surface area contributed by atoms with Crippen LogP contribution in [-0.4, -0.2) is 18.6 Å². The molecular formula is C21H23Cl3N2OS. The molecule has 0 spiro atoms. The van der Waals surface area contributed by atoms with Gasteiger partial charge in [0.15, 0.2) is 5.13 Å². The molecule has 3 rings (SSSR count). The lowest BCUT2D eigenvalue weighted by atomic mass is 10.1. The minimum atomic E-state index is 0. The third kappa shape index (κ3) is 4.74. The van der Waals surface area contributed by atoms with E-state index in [4.69, 9.17) is 32.9 Å². The van der Waals surface area contributed by atoms with Crippen LogP contribution in [0.25, 0.3) is 11.3 Å². The maximum atomic E-state index is 6.48. The molecule has 3 aromatic rings. The molecule has 0 atom stereocenters. The summed E-state index contributed by atoms with van der Waals surface area (Å²) in [7, 11) is 1.63. The fraction of sp³-hybridized carbons (Fsp3) is 0.286. The van der Waals surface area contributed by atoms with E-state index in [2.05, 4.69) is 25.7 Å². The predicted octanol–water partition coefficient (Wildman–Crippen LogP) is 7.71. The van der Waals surface area contributed by atoms with Crippen molar-refractivity contribution >= 4 is 57.8 Å². The summed E-state index contributed by atoms with van der Waals surface area (Å²) in [5, 5.41) is 2.31. The smallest absolute Gasteiger partial charge is 0.190 e. The van der Waals surface area contributed by atoms with Crippen molar-refractivity contribution in [2.45, 2.75) is 27.2 Å². The molecule has 0 saturated carbocycles. The van der Waals surface area contributed by atoms with Crippen molar-refractivity contribution in [1.82, 2.24) is 4.98 Å². The van der Waals surface area contributed by atoms with Crippen LogP contribution in [0.15, 0.2) is 36.4 Å². The topological polar surface area (TPSA) is 25.4 Å². The molecule has 7 heteroatoms. The third-order valence-electron chi connectivity index (χ3n) is 4.36. The van der Waals surface area contributed by atoms with Crippen LogP contribution in [0, 0.1) is 13.8 Å². The number of methoxy groups -OCH3 is 1. The monoisotopic (exact) mass is 456 g/mol.